The van der Waals surface area contributed by atoms with Gasteiger partial charge in [0.25, 0.3) is 0 Å². The van der Waals surface area contributed by atoms with E-state index in [1.807, 2.05) is 0 Å². The molecule has 0 spiro atoms. The molecule has 0 atom stereocenters. The SMILES string of the molecule is O=C(NC1CCCC1)c1nc(-c2ccc(S(=O)(=O)N3CCCCC3)cc2)no1. The highest BCUT2D eigenvalue weighted by Crippen LogP contribution is 2.24. The number of hydrogen-bond donors (Lipinski definition) is 1. The fraction of sp³-hybridized carbons (Fsp3) is 0.526. The second kappa shape index (κ2) is 8.00. The second-order valence-electron chi connectivity index (χ2n) is 7.37. The highest BCUT2D eigenvalue weighted by atomic mass is 32.2. The van der Waals surface area contributed by atoms with Gasteiger partial charge in [0.15, 0.2) is 0 Å². The van der Waals surface area contributed by atoms with Gasteiger partial charge in [-0.2, -0.15) is 9.29 Å². The number of carbonyl (C=O) groups is 1. The number of hydrogen-bond acceptors (Lipinski definition) is 6. The smallest absolute Gasteiger partial charge is 0.316 e. The molecule has 1 amide bonds. The van der Waals surface area contributed by atoms with Gasteiger partial charge in [-0.15, -0.1) is 0 Å². The number of amides is 1. The van der Waals surface area contributed by atoms with Crippen molar-refractivity contribution in [3.8, 4) is 11.4 Å². The number of nitrogens with one attached hydrogen (secondary N) is 1. The topological polar surface area (TPSA) is 105 Å². The van der Waals surface area contributed by atoms with Crippen molar-refractivity contribution in [1.82, 2.24) is 19.8 Å². The van der Waals surface area contributed by atoms with E-state index in [9.17, 15) is 13.2 Å². The first kappa shape index (κ1) is 19.1. The zero-order valence-corrected chi connectivity index (χ0v) is 16.5. The van der Waals surface area contributed by atoms with Crippen molar-refractivity contribution in [2.45, 2.75) is 55.9 Å². The first-order valence-electron chi connectivity index (χ1n) is 9.79. The summed E-state index contributed by atoms with van der Waals surface area (Å²) < 4.78 is 32.1. The molecule has 1 N–H and O–H groups in total. The third-order valence-electron chi connectivity index (χ3n) is 5.38. The average molecular weight is 404 g/mol. The Bertz CT molecular complexity index is 927. The van der Waals surface area contributed by atoms with Crippen molar-refractivity contribution in [2.24, 2.45) is 0 Å². The van der Waals surface area contributed by atoms with Crippen LogP contribution in [0.4, 0.5) is 0 Å². The molecular weight excluding hydrogens is 380 g/mol. The van der Waals surface area contributed by atoms with Crippen LogP contribution in [0.3, 0.4) is 0 Å². The van der Waals surface area contributed by atoms with E-state index < -0.39 is 10.0 Å². The molecule has 2 aromatic rings. The van der Waals surface area contributed by atoms with Crippen molar-refractivity contribution in [2.75, 3.05) is 13.1 Å². The van der Waals surface area contributed by atoms with E-state index in [1.165, 1.54) is 4.31 Å². The van der Waals surface area contributed by atoms with E-state index >= 15 is 0 Å². The van der Waals surface area contributed by atoms with Crippen LogP contribution >= 0.6 is 0 Å². The first-order chi connectivity index (χ1) is 13.5. The molecule has 1 aromatic heterocycles. The van der Waals surface area contributed by atoms with E-state index in [0.717, 1.165) is 44.9 Å². The molecule has 0 bridgehead atoms. The molecule has 150 valence electrons. The number of piperidine rings is 1. The van der Waals surface area contributed by atoms with Crippen LogP contribution < -0.4 is 5.32 Å². The lowest BCUT2D eigenvalue weighted by molar-refractivity contribution is 0.0893. The highest BCUT2D eigenvalue weighted by Gasteiger charge is 2.26. The zero-order chi connectivity index (χ0) is 19.6. The van der Waals surface area contributed by atoms with E-state index in [-0.39, 0.29) is 28.6 Å². The summed E-state index contributed by atoms with van der Waals surface area (Å²) in [4.78, 5) is 16.6. The Kier molecular flexibility index (Phi) is 5.45. The minimum Gasteiger partial charge on any atom is -0.345 e. The van der Waals surface area contributed by atoms with Crippen LogP contribution in [0.15, 0.2) is 33.7 Å². The second-order valence-corrected chi connectivity index (χ2v) is 9.31. The third-order valence-corrected chi connectivity index (χ3v) is 7.29. The molecule has 2 fully saturated rings. The van der Waals surface area contributed by atoms with Gasteiger partial charge in [-0.25, -0.2) is 8.42 Å². The van der Waals surface area contributed by atoms with Crippen molar-refractivity contribution in [1.29, 1.82) is 0 Å². The Labute approximate surface area is 164 Å². The molecule has 2 aliphatic rings. The monoisotopic (exact) mass is 404 g/mol. The van der Waals surface area contributed by atoms with Gasteiger partial charge in [0, 0.05) is 24.7 Å². The number of aromatic nitrogens is 2. The van der Waals surface area contributed by atoms with E-state index in [2.05, 4.69) is 15.5 Å². The summed E-state index contributed by atoms with van der Waals surface area (Å²) in [5, 5.41) is 6.76. The first-order valence-corrected chi connectivity index (χ1v) is 11.2. The van der Waals surface area contributed by atoms with Crippen molar-refractivity contribution in [3.05, 3.63) is 30.2 Å². The summed E-state index contributed by atoms with van der Waals surface area (Å²) in [7, 11) is -3.48. The summed E-state index contributed by atoms with van der Waals surface area (Å²) in [5.41, 5.74) is 0.598. The Morgan fingerprint density at radius 3 is 2.39 bits per heavy atom. The number of carbonyl (C=O) groups excluding carboxylic acids is 1. The maximum atomic E-state index is 12.7. The lowest BCUT2D eigenvalue weighted by atomic mass is 10.2. The van der Waals surface area contributed by atoms with Gasteiger partial charge >= 0.3 is 11.8 Å². The van der Waals surface area contributed by atoms with Gasteiger partial charge in [0.05, 0.1) is 4.90 Å². The summed E-state index contributed by atoms with van der Waals surface area (Å²) in [6.07, 6.45) is 7.04. The van der Waals surface area contributed by atoms with Crippen LogP contribution in [0.1, 0.15) is 55.6 Å². The van der Waals surface area contributed by atoms with Gasteiger partial charge in [0.1, 0.15) is 0 Å². The molecule has 0 unspecified atom stereocenters. The molecule has 9 heteroatoms. The number of sulfonamides is 1. The predicted molar refractivity (Wildman–Crippen MR) is 102 cm³/mol. The molecule has 4 rings (SSSR count). The van der Waals surface area contributed by atoms with Crippen LogP contribution in [-0.4, -0.2) is 47.9 Å². The summed E-state index contributed by atoms with van der Waals surface area (Å²) in [5.74, 6) is -0.180. The Hall–Kier alpha value is -2.26. The molecule has 28 heavy (non-hydrogen) atoms. The van der Waals surface area contributed by atoms with Crippen LogP contribution in [0.25, 0.3) is 11.4 Å². The minimum atomic E-state index is -3.48. The lowest BCUT2D eigenvalue weighted by Gasteiger charge is -2.25. The van der Waals surface area contributed by atoms with E-state index in [4.69, 9.17) is 4.52 Å². The Morgan fingerprint density at radius 1 is 1.04 bits per heavy atom. The number of nitrogens with zero attached hydrogens (tertiary/aromatic N) is 3. The van der Waals surface area contributed by atoms with Crippen LogP contribution in [0.2, 0.25) is 0 Å². The Balaban J connectivity index is 1.47. The quantitative estimate of drug-likeness (QED) is 0.821. The standard InChI is InChI=1S/C19H24N4O4S/c24-18(20-15-6-2-3-7-15)19-21-17(22-27-19)14-8-10-16(11-9-14)28(25,26)23-12-4-1-5-13-23/h8-11,15H,1-7,12-13H2,(H,20,24). The molecule has 1 saturated heterocycles. The summed E-state index contributed by atoms with van der Waals surface area (Å²) in [6.45, 7) is 1.13. The third kappa shape index (κ3) is 3.95. The molecule has 1 aliphatic heterocycles. The molecule has 1 saturated carbocycles. The number of rotatable bonds is 5. The fourth-order valence-corrected chi connectivity index (χ4v) is 5.30. The van der Waals surface area contributed by atoms with Gasteiger partial charge in [-0.05, 0) is 49.9 Å². The molecule has 8 nitrogen and oxygen atoms in total. The van der Waals surface area contributed by atoms with Crippen molar-refractivity contribution < 1.29 is 17.7 Å². The lowest BCUT2D eigenvalue weighted by Crippen LogP contribution is -2.35. The average Bonchev–Trinajstić information content (AvgIpc) is 3.41. The fourth-order valence-electron chi connectivity index (χ4n) is 3.78. The largest absolute Gasteiger partial charge is 0.345 e. The maximum absolute atomic E-state index is 12.7. The molecule has 1 aliphatic carbocycles. The maximum Gasteiger partial charge on any atom is 0.316 e. The number of benzene rings is 1. The van der Waals surface area contributed by atoms with Gasteiger partial charge in [0.2, 0.25) is 15.8 Å². The minimum absolute atomic E-state index is 0.0769. The van der Waals surface area contributed by atoms with E-state index in [1.54, 1.807) is 24.3 Å². The summed E-state index contributed by atoms with van der Waals surface area (Å²) in [6, 6.07) is 6.55. The zero-order valence-electron chi connectivity index (χ0n) is 15.6. The molecule has 2 heterocycles. The molecule has 1 aromatic carbocycles. The van der Waals surface area contributed by atoms with Crippen LogP contribution in [0, 0.1) is 0 Å². The van der Waals surface area contributed by atoms with Crippen LogP contribution in [0.5, 0.6) is 0 Å². The van der Waals surface area contributed by atoms with Gasteiger partial charge < -0.3 is 9.84 Å². The highest BCUT2D eigenvalue weighted by molar-refractivity contribution is 7.89. The van der Waals surface area contributed by atoms with Crippen molar-refractivity contribution >= 4 is 15.9 Å². The van der Waals surface area contributed by atoms with Gasteiger partial charge in [-0.1, -0.05) is 24.4 Å². The predicted octanol–water partition coefficient (Wildman–Crippen LogP) is 2.58. The van der Waals surface area contributed by atoms with Gasteiger partial charge in [-0.3, -0.25) is 4.79 Å². The van der Waals surface area contributed by atoms with Crippen LogP contribution in [-0.2, 0) is 10.0 Å². The van der Waals surface area contributed by atoms with Crippen molar-refractivity contribution in [3.63, 3.8) is 0 Å². The van der Waals surface area contributed by atoms with E-state index in [0.29, 0.717) is 18.7 Å². The summed E-state index contributed by atoms with van der Waals surface area (Å²) >= 11 is 0. The molecule has 0 radical (unpaired) electrons. The Morgan fingerprint density at radius 2 is 1.71 bits per heavy atom. The normalized spacial score (nSPS) is 19.0. The molecular formula is C19H24N4O4S.